The van der Waals surface area contributed by atoms with E-state index >= 15 is 0 Å². The van der Waals surface area contributed by atoms with Crippen molar-refractivity contribution in [3.63, 3.8) is 0 Å². The van der Waals surface area contributed by atoms with Gasteiger partial charge in [0.2, 0.25) is 0 Å². The quantitative estimate of drug-likeness (QED) is 0.466. The number of hydrogen-bond donors (Lipinski definition) is 0. The molecule has 3 aromatic rings. The summed E-state index contributed by atoms with van der Waals surface area (Å²) >= 11 is 5.90. The van der Waals surface area contributed by atoms with Gasteiger partial charge in [-0.2, -0.15) is 0 Å². The monoisotopic (exact) mass is 370 g/mol. The first-order valence-electron chi connectivity index (χ1n) is 7.69. The summed E-state index contributed by atoms with van der Waals surface area (Å²) in [7, 11) is 2.99. The van der Waals surface area contributed by atoms with E-state index in [1.807, 2.05) is 0 Å². The third-order valence-electron chi connectivity index (χ3n) is 3.88. The van der Waals surface area contributed by atoms with Crippen LogP contribution in [0.1, 0.15) is 26.5 Å². The number of ketones is 1. The smallest absolute Gasteiger partial charge is 0.193 e. The van der Waals surface area contributed by atoms with Crippen molar-refractivity contribution in [1.29, 1.82) is 0 Å². The maximum atomic E-state index is 13.0. The first-order valence-corrected chi connectivity index (χ1v) is 8.07. The summed E-state index contributed by atoms with van der Waals surface area (Å²) < 4.78 is 16.1. The van der Waals surface area contributed by atoms with Crippen molar-refractivity contribution in [1.82, 2.24) is 0 Å². The zero-order valence-electron chi connectivity index (χ0n) is 14.1. The molecular formula is C20H15ClO5. The Kier molecular flexibility index (Phi) is 5.09. The van der Waals surface area contributed by atoms with Crippen molar-refractivity contribution in [2.75, 3.05) is 14.2 Å². The van der Waals surface area contributed by atoms with Gasteiger partial charge < -0.3 is 13.9 Å². The number of halogens is 1. The number of methoxy groups -OCH3 is 2. The standard InChI is InChI=1S/C20H15ClO5/c1-24-18-9-15(17-8-7-14(11-22)26-17)16(10-19(18)25-2)20(23)12-3-5-13(21)6-4-12/h3-11H,1-2H3. The van der Waals surface area contributed by atoms with Gasteiger partial charge in [-0.05, 0) is 48.5 Å². The number of rotatable bonds is 6. The van der Waals surface area contributed by atoms with E-state index in [9.17, 15) is 9.59 Å². The predicted octanol–water partition coefficient (Wildman–Crippen LogP) is 4.66. The van der Waals surface area contributed by atoms with Gasteiger partial charge in [-0.3, -0.25) is 9.59 Å². The van der Waals surface area contributed by atoms with Crippen LogP contribution in [0.15, 0.2) is 52.9 Å². The third kappa shape index (κ3) is 3.34. The van der Waals surface area contributed by atoms with E-state index in [-0.39, 0.29) is 11.5 Å². The van der Waals surface area contributed by atoms with E-state index in [4.69, 9.17) is 25.5 Å². The number of carbonyl (C=O) groups is 2. The normalized spacial score (nSPS) is 10.4. The minimum absolute atomic E-state index is 0.166. The number of aldehydes is 1. The second-order valence-corrected chi connectivity index (χ2v) is 5.85. The fraction of sp³-hybridized carbons (Fsp3) is 0.100. The Morgan fingerprint density at radius 3 is 2.23 bits per heavy atom. The average Bonchev–Trinajstić information content (AvgIpc) is 3.16. The van der Waals surface area contributed by atoms with Gasteiger partial charge >= 0.3 is 0 Å². The Hall–Kier alpha value is -3.05. The molecule has 0 fully saturated rings. The zero-order chi connectivity index (χ0) is 18.7. The molecule has 2 aromatic carbocycles. The lowest BCUT2D eigenvalue weighted by molar-refractivity contribution is 0.103. The molecule has 0 saturated heterocycles. The molecule has 0 aliphatic carbocycles. The maximum Gasteiger partial charge on any atom is 0.193 e. The van der Waals surface area contributed by atoms with E-state index in [0.717, 1.165) is 0 Å². The molecule has 0 amide bonds. The SMILES string of the molecule is COc1cc(C(=O)c2ccc(Cl)cc2)c(-c2ccc(C=O)o2)cc1OC. The molecule has 0 saturated carbocycles. The summed E-state index contributed by atoms with van der Waals surface area (Å²) in [4.78, 5) is 24.0. The maximum absolute atomic E-state index is 13.0. The molecule has 3 rings (SSSR count). The van der Waals surface area contributed by atoms with Gasteiger partial charge in [-0.25, -0.2) is 0 Å². The Bertz CT molecular complexity index is 957. The molecule has 0 N–H and O–H groups in total. The van der Waals surface area contributed by atoms with Crippen molar-refractivity contribution in [3.8, 4) is 22.8 Å². The van der Waals surface area contributed by atoms with Crippen molar-refractivity contribution in [2.45, 2.75) is 0 Å². The van der Waals surface area contributed by atoms with Crippen LogP contribution >= 0.6 is 11.6 Å². The van der Waals surface area contributed by atoms with Crippen LogP contribution < -0.4 is 9.47 Å². The Morgan fingerprint density at radius 2 is 1.65 bits per heavy atom. The number of hydrogen-bond acceptors (Lipinski definition) is 5. The molecule has 0 spiro atoms. The number of benzene rings is 2. The topological polar surface area (TPSA) is 65.7 Å². The van der Waals surface area contributed by atoms with E-state index in [0.29, 0.717) is 45.3 Å². The molecule has 0 radical (unpaired) electrons. The molecule has 132 valence electrons. The molecule has 6 heteroatoms. The van der Waals surface area contributed by atoms with E-state index in [1.165, 1.54) is 20.3 Å². The van der Waals surface area contributed by atoms with Crippen LogP contribution in [0.25, 0.3) is 11.3 Å². The highest BCUT2D eigenvalue weighted by Gasteiger charge is 2.21. The fourth-order valence-corrected chi connectivity index (χ4v) is 2.71. The van der Waals surface area contributed by atoms with Gasteiger partial charge in [0.05, 0.1) is 14.2 Å². The van der Waals surface area contributed by atoms with Crippen LogP contribution in [0.5, 0.6) is 11.5 Å². The molecule has 0 aliphatic heterocycles. The largest absolute Gasteiger partial charge is 0.493 e. The van der Waals surface area contributed by atoms with E-state index < -0.39 is 0 Å². The van der Waals surface area contributed by atoms with Crippen LogP contribution in [-0.2, 0) is 0 Å². The zero-order valence-corrected chi connectivity index (χ0v) is 14.9. The molecular weight excluding hydrogens is 356 g/mol. The lowest BCUT2D eigenvalue weighted by atomic mass is 9.96. The average molecular weight is 371 g/mol. The minimum Gasteiger partial charge on any atom is -0.493 e. The number of carbonyl (C=O) groups excluding carboxylic acids is 2. The second kappa shape index (κ2) is 7.45. The number of ether oxygens (including phenoxy) is 2. The summed E-state index contributed by atoms with van der Waals surface area (Å²) in [6, 6.07) is 13.0. The van der Waals surface area contributed by atoms with Gasteiger partial charge in [0.1, 0.15) is 5.76 Å². The lowest BCUT2D eigenvalue weighted by Gasteiger charge is -2.13. The summed E-state index contributed by atoms with van der Waals surface area (Å²) in [5, 5.41) is 0.538. The molecule has 0 bridgehead atoms. The van der Waals surface area contributed by atoms with E-state index in [2.05, 4.69) is 0 Å². The van der Waals surface area contributed by atoms with E-state index in [1.54, 1.807) is 42.5 Å². The van der Waals surface area contributed by atoms with Gasteiger partial charge in [-0.1, -0.05) is 11.6 Å². The van der Waals surface area contributed by atoms with Gasteiger partial charge in [0, 0.05) is 21.7 Å². The Morgan fingerprint density at radius 1 is 1.00 bits per heavy atom. The van der Waals surface area contributed by atoms with Crippen LogP contribution in [0.2, 0.25) is 5.02 Å². The van der Waals surface area contributed by atoms with Crippen LogP contribution in [0.4, 0.5) is 0 Å². The molecule has 5 nitrogen and oxygen atoms in total. The first-order chi connectivity index (χ1) is 12.6. The summed E-state index contributed by atoms with van der Waals surface area (Å²) in [5.74, 6) is 1.17. The lowest BCUT2D eigenvalue weighted by Crippen LogP contribution is -2.05. The summed E-state index contributed by atoms with van der Waals surface area (Å²) in [5.41, 5.74) is 1.32. The molecule has 0 atom stereocenters. The van der Waals surface area contributed by atoms with Gasteiger partial charge in [0.25, 0.3) is 0 Å². The highest BCUT2D eigenvalue weighted by molar-refractivity contribution is 6.30. The third-order valence-corrected chi connectivity index (χ3v) is 4.14. The van der Waals surface area contributed by atoms with Crippen LogP contribution in [0, 0.1) is 0 Å². The molecule has 1 heterocycles. The van der Waals surface area contributed by atoms with Crippen molar-refractivity contribution >= 4 is 23.7 Å². The Labute approximate surface area is 155 Å². The minimum atomic E-state index is -0.235. The van der Waals surface area contributed by atoms with Crippen molar-refractivity contribution < 1.29 is 23.5 Å². The van der Waals surface area contributed by atoms with Gasteiger partial charge in [0.15, 0.2) is 29.3 Å². The highest BCUT2D eigenvalue weighted by Crippen LogP contribution is 2.37. The molecule has 0 aliphatic rings. The van der Waals surface area contributed by atoms with Crippen molar-refractivity contribution in [3.05, 3.63) is 70.4 Å². The predicted molar refractivity (Wildman–Crippen MR) is 97.5 cm³/mol. The second-order valence-electron chi connectivity index (χ2n) is 5.41. The Balaban J connectivity index is 2.19. The molecule has 1 aromatic heterocycles. The van der Waals surface area contributed by atoms with Crippen LogP contribution in [0.3, 0.4) is 0 Å². The highest BCUT2D eigenvalue weighted by atomic mass is 35.5. The molecule has 0 unspecified atom stereocenters. The number of furan rings is 1. The fourth-order valence-electron chi connectivity index (χ4n) is 2.59. The summed E-state index contributed by atoms with van der Waals surface area (Å²) in [6.45, 7) is 0. The summed E-state index contributed by atoms with van der Waals surface area (Å²) in [6.07, 6.45) is 0.602. The van der Waals surface area contributed by atoms with Crippen LogP contribution in [-0.4, -0.2) is 26.3 Å². The first kappa shape index (κ1) is 17.8. The van der Waals surface area contributed by atoms with Gasteiger partial charge in [-0.15, -0.1) is 0 Å². The molecule has 26 heavy (non-hydrogen) atoms. The van der Waals surface area contributed by atoms with Crippen molar-refractivity contribution in [2.24, 2.45) is 0 Å².